The maximum Gasteiger partial charge on any atom is 0.382 e. The van der Waals surface area contributed by atoms with Gasteiger partial charge in [0.05, 0.1) is 27.7 Å². The Kier molecular flexibility index (Phi) is 5.50. The predicted molar refractivity (Wildman–Crippen MR) is 43.9 cm³/mol. The SMILES string of the molecule is CCOC(O)=C(O)[N+](C)(C)C.[OH-]. The van der Waals surface area contributed by atoms with Crippen molar-refractivity contribution in [1.82, 2.24) is 0 Å². The van der Waals surface area contributed by atoms with Crippen LogP contribution in [0.25, 0.3) is 0 Å². The highest BCUT2D eigenvalue weighted by Gasteiger charge is 2.21. The van der Waals surface area contributed by atoms with Gasteiger partial charge >= 0.3 is 11.8 Å². The van der Waals surface area contributed by atoms with Gasteiger partial charge in [-0.3, -0.25) is 4.48 Å². The first-order valence-electron chi connectivity index (χ1n) is 3.46. The number of ether oxygens (including phenoxy) is 1. The second-order valence-corrected chi connectivity index (χ2v) is 3.07. The lowest BCUT2D eigenvalue weighted by molar-refractivity contribution is -0.849. The van der Waals surface area contributed by atoms with Crippen LogP contribution < -0.4 is 0 Å². The number of hydrogen-bond acceptors (Lipinski definition) is 4. The van der Waals surface area contributed by atoms with E-state index in [0.29, 0.717) is 6.61 Å². The summed E-state index contributed by atoms with van der Waals surface area (Å²) in [5.41, 5.74) is 0. The number of quaternary nitrogens is 1. The minimum absolute atomic E-state index is 0. The molecule has 74 valence electrons. The van der Waals surface area contributed by atoms with Gasteiger partial charge in [-0.25, -0.2) is 0 Å². The van der Waals surface area contributed by atoms with Crippen molar-refractivity contribution in [2.75, 3.05) is 27.7 Å². The van der Waals surface area contributed by atoms with Crippen LogP contribution in [0.5, 0.6) is 0 Å². The third kappa shape index (κ3) is 4.05. The Bertz CT molecular complexity index is 159. The molecule has 12 heavy (non-hydrogen) atoms. The van der Waals surface area contributed by atoms with E-state index in [9.17, 15) is 5.11 Å². The predicted octanol–water partition coefficient (Wildman–Crippen LogP) is 0.795. The van der Waals surface area contributed by atoms with E-state index in [1.165, 1.54) is 0 Å². The summed E-state index contributed by atoms with van der Waals surface area (Å²) in [7, 11) is 5.18. The molecule has 0 aliphatic carbocycles. The highest BCUT2D eigenvalue weighted by molar-refractivity contribution is 4.80. The molecule has 0 aromatic carbocycles. The van der Waals surface area contributed by atoms with Crippen LogP contribution in [0.4, 0.5) is 0 Å². The number of nitrogens with zero attached hydrogens (tertiary/aromatic N) is 1. The van der Waals surface area contributed by atoms with Crippen LogP contribution in [0.15, 0.2) is 11.8 Å². The summed E-state index contributed by atoms with van der Waals surface area (Å²) in [5.74, 6) is -0.577. The van der Waals surface area contributed by atoms with Crippen LogP contribution in [-0.4, -0.2) is 47.9 Å². The number of rotatable bonds is 3. The van der Waals surface area contributed by atoms with Gasteiger partial charge in [-0.1, -0.05) is 0 Å². The van der Waals surface area contributed by atoms with Gasteiger partial charge in [0.1, 0.15) is 0 Å². The van der Waals surface area contributed by atoms with Gasteiger partial charge in [0.2, 0.25) is 0 Å². The lowest BCUT2D eigenvalue weighted by Crippen LogP contribution is -2.34. The Hall–Kier alpha value is -0.940. The molecule has 5 heteroatoms. The molecule has 0 radical (unpaired) electrons. The van der Waals surface area contributed by atoms with E-state index in [4.69, 9.17) is 9.84 Å². The van der Waals surface area contributed by atoms with Gasteiger partial charge < -0.3 is 20.4 Å². The molecule has 5 nitrogen and oxygen atoms in total. The molecule has 0 rings (SSSR count). The molecular weight excluding hydrogens is 162 g/mol. The van der Waals surface area contributed by atoms with Gasteiger partial charge in [0.15, 0.2) is 0 Å². The highest BCUT2D eigenvalue weighted by atomic mass is 16.6. The fourth-order valence-corrected chi connectivity index (χ4v) is 0.488. The van der Waals surface area contributed by atoms with Crippen molar-refractivity contribution in [3.63, 3.8) is 0 Å². The molecule has 0 atom stereocenters. The van der Waals surface area contributed by atoms with Gasteiger partial charge in [0, 0.05) is 0 Å². The Morgan fingerprint density at radius 3 is 1.92 bits per heavy atom. The van der Waals surface area contributed by atoms with E-state index in [-0.39, 0.29) is 15.8 Å². The Labute approximate surface area is 72.4 Å². The van der Waals surface area contributed by atoms with Gasteiger partial charge in [-0.05, 0) is 6.92 Å². The maximum atomic E-state index is 9.26. The van der Waals surface area contributed by atoms with Crippen molar-refractivity contribution in [2.24, 2.45) is 0 Å². The molecular formula is C7H17NO4. The average Bonchev–Trinajstić information content (AvgIpc) is 1.85. The minimum Gasteiger partial charge on any atom is -0.870 e. The van der Waals surface area contributed by atoms with Crippen LogP contribution in [0.2, 0.25) is 0 Å². The molecule has 0 aliphatic heterocycles. The summed E-state index contributed by atoms with van der Waals surface area (Å²) in [5, 5.41) is 18.3. The quantitative estimate of drug-likeness (QED) is 0.496. The van der Waals surface area contributed by atoms with Crippen molar-refractivity contribution < 1.29 is 24.9 Å². The summed E-state index contributed by atoms with van der Waals surface area (Å²) < 4.78 is 4.84. The minimum atomic E-state index is -0.403. The molecule has 0 aromatic heterocycles. The topological polar surface area (TPSA) is 79.7 Å². The molecule has 0 spiro atoms. The van der Waals surface area contributed by atoms with Crippen LogP contribution in [0.1, 0.15) is 6.92 Å². The molecule has 0 unspecified atom stereocenters. The second-order valence-electron chi connectivity index (χ2n) is 3.07. The third-order valence-corrected chi connectivity index (χ3v) is 1.11. The van der Waals surface area contributed by atoms with Crippen LogP contribution in [0, 0.1) is 0 Å². The van der Waals surface area contributed by atoms with Crippen LogP contribution >= 0.6 is 0 Å². The molecule has 0 fully saturated rings. The van der Waals surface area contributed by atoms with Crippen molar-refractivity contribution in [1.29, 1.82) is 0 Å². The van der Waals surface area contributed by atoms with E-state index in [2.05, 4.69) is 0 Å². The first-order chi connectivity index (χ1) is 4.89. The molecule has 0 bridgehead atoms. The van der Waals surface area contributed by atoms with Gasteiger partial charge in [-0.15, -0.1) is 0 Å². The molecule has 0 aliphatic rings. The Balaban J connectivity index is 0. The Morgan fingerprint density at radius 1 is 1.25 bits per heavy atom. The second kappa shape index (κ2) is 4.84. The van der Waals surface area contributed by atoms with E-state index in [1.807, 2.05) is 0 Å². The zero-order chi connectivity index (χ0) is 9.07. The largest absolute Gasteiger partial charge is 0.870 e. The summed E-state index contributed by atoms with van der Waals surface area (Å²) in [4.78, 5) is 0. The van der Waals surface area contributed by atoms with Crippen molar-refractivity contribution in [3.8, 4) is 0 Å². The summed E-state index contributed by atoms with van der Waals surface area (Å²) in [6.45, 7) is 2.08. The molecule has 0 heterocycles. The summed E-state index contributed by atoms with van der Waals surface area (Å²) in [6.07, 6.45) is 0. The molecule has 0 amide bonds. The number of aliphatic hydroxyl groups is 2. The van der Waals surface area contributed by atoms with E-state index >= 15 is 0 Å². The highest BCUT2D eigenvalue weighted by Crippen LogP contribution is 2.08. The molecule has 3 N–H and O–H groups in total. The van der Waals surface area contributed by atoms with Gasteiger partial charge in [0.25, 0.3) is 0 Å². The summed E-state index contributed by atoms with van der Waals surface area (Å²) >= 11 is 0. The maximum absolute atomic E-state index is 9.26. The molecule has 0 aromatic rings. The third-order valence-electron chi connectivity index (χ3n) is 1.11. The zero-order valence-electron chi connectivity index (χ0n) is 7.90. The Morgan fingerprint density at radius 2 is 1.67 bits per heavy atom. The van der Waals surface area contributed by atoms with Crippen molar-refractivity contribution in [2.45, 2.75) is 6.92 Å². The van der Waals surface area contributed by atoms with E-state index < -0.39 is 5.95 Å². The van der Waals surface area contributed by atoms with E-state index in [1.54, 1.807) is 28.1 Å². The fourth-order valence-electron chi connectivity index (χ4n) is 0.488. The smallest absolute Gasteiger partial charge is 0.382 e. The standard InChI is InChI=1S/C7H15NO3.H2O/c1-5-11-7(10)6(9)8(2,3)4;/h5H2,1-4H3,(H-,9,10);1H2. The summed E-state index contributed by atoms with van der Waals surface area (Å²) in [6, 6.07) is 0. The first-order valence-corrected chi connectivity index (χ1v) is 3.46. The first kappa shape index (κ1) is 13.6. The monoisotopic (exact) mass is 179 g/mol. The number of hydrogen-bond donors (Lipinski definition) is 2. The normalized spacial score (nSPS) is 13.0. The number of aliphatic hydroxyl groups excluding tert-OH is 2. The van der Waals surface area contributed by atoms with Gasteiger partial charge in [-0.2, -0.15) is 0 Å². The van der Waals surface area contributed by atoms with Crippen molar-refractivity contribution >= 4 is 0 Å². The van der Waals surface area contributed by atoms with Crippen molar-refractivity contribution in [3.05, 3.63) is 11.8 Å². The molecule has 0 saturated heterocycles. The van der Waals surface area contributed by atoms with Crippen LogP contribution in [0.3, 0.4) is 0 Å². The molecule has 0 saturated carbocycles. The fraction of sp³-hybridized carbons (Fsp3) is 0.714. The zero-order valence-corrected chi connectivity index (χ0v) is 7.90. The lowest BCUT2D eigenvalue weighted by Gasteiger charge is -2.21. The lowest BCUT2D eigenvalue weighted by atomic mass is 10.6. The van der Waals surface area contributed by atoms with E-state index in [0.717, 1.165) is 0 Å². The van der Waals surface area contributed by atoms with Crippen LogP contribution in [-0.2, 0) is 4.74 Å². The average molecular weight is 179 g/mol.